The summed E-state index contributed by atoms with van der Waals surface area (Å²) in [6.07, 6.45) is 7.03. The predicted molar refractivity (Wildman–Crippen MR) is 113 cm³/mol. The number of unbranched alkanes of at least 4 members (excludes halogenated alkanes) is 1. The van der Waals surface area contributed by atoms with E-state index in [-0.39, 0.29) is 6.03 Å². The number of benzene rings is 1. The molecule has 28 heavy (non-hydrogen) atoms. The van der Waals surface area contributed by atoms with Crippen molar-refractivity contribution in [2.24, 2.45) is 11.5 Å². The van der Waals surface area contributed by atoms with Crippen LogP contribution in [0.2, 0.25) is 0 Å². The van der Waals surface area contributed by atoms with Gasteiger partial charge < -0.3 is 22.1 Å². The molecular weight excluding hydrogens is 374 g/mol. The van der Waals surface area contributed by atoms with Gasteiger partial charge in [0.05, 0.1) is 5.82 Å². The van der Waals surface area contributed by atoms with Crippen molar-refractivity contribution < 1.29 is 4.79 Å². The third-order valence-corrected chi connectivity index (χ3v) is 4.75. The van der Waals surface area contributed by atoms with Crippen LogP contribution >= 0.6 is 11.3 Å². The molecule has 0 saturated heterocycles. The fraction of sp³-hybridized carbons (Fsp3) is 0.316. The first-order chi connectivity index (χ1) is 13.6. The number of amides is 2. The van der Waals surface area contributed by atoms with Crippen molar-refractivity contribution >= 4 is 22.5 Å². The minimum atomic E-state index is -0.293. The number of rotatable bonds is 10. The summed E-state index contributed by atoms with van der Waals surface area (Å²) in [6, 6.07) is 9.43. The number of carbonyl (C=O) groups is 1. The summed E-state index contributed by atoms with van der Waals surface area (Å²) in [5.74, 6) is 0.574. The van der Waals surface area contributed by atoms with Crippen molar-refractivity contribution in [3.05, 3.63) is 64.6 Å². The number of nitrogens with zero attached hydrogens (tertiary/aromatic N) is 2. The van der Waals surface area contributed by atoms with Crippen molar-refractivity contribution in [3.8, 4) is 0 Å². The van der Waals surface area contributed by atoms with Gasteiger partial charge in [0, 0.05) is 25.7 Å². The zero-order valence-corrected chi connectivity index (χ0v) is 16.8. The van der Waals surface area contributed by atoms with E-state index in [1.165, 1.54) is 11.3 Å². The molecule has 0 saturated carbocycles. The van der Waals surface area contributed by atoms with Crippen LogP contribution in [0.25, 0.3) is 0 Å². The summed E-state index contributed by atoms with van der Waals surface area (Å²) in [6.45, 7) is 0.461. The number of anilines is 1. The lowest BCUT2D eigenvalue weighted by Gasteiger charge is -2.04. The molecule has 1 heterocycles. The second-order valence-corrected chi connectivity index (χ2v) is 7.18. The highest BCUT2D eigenvalue weighted by molar-refractivity contribution is 7.15. The minimum absolute atomic E-state index is 0.293. The number of allylic oxidation sites excluding steroid dienone is 3. The number of nitrogens with two attached hydrogens (primary N) is 2. The molecule has 0 bridgehead atoms. The Hall–Kier alpha value is -3.07. The molecule has 2 rings (SSSR count). The van der Waals surface area contributed by atoms with Crippen molar-refractivity contribution in [2.75, 3.05) is 12.4 Å². The van der Waals surface area contributed by atoms with Crippen molar-refractivity contribution in [2.45, 2.75) is 32.2 Å². The van der Waals surface area contributed by atoms with E-state index in [9.17, 15) is 4.79 Å². The first kappa shape index (κ1) is 21.2. The van der Waals surface area contributed by atoms with E-state index in [1.807, 2.05) is 36.4 Å². The van der Waals surface area contributed by atoms with Gasteiger partial charge >= 0.3 is 6.03 Å². The Morgan fingerprint density at radius 3 is 2.68 bits per heavy atom. The number of hydrogen-bond donors (Lipinski definition) is 5. The van der Waals surface area contributed by atoms with E-state index in [2.05, 4.69) is 26.1 Å². The first-order valence-corrected chi connectivity index (χ1v) is 9.89. The number of carbonyl (C=O) groups excluding carboxylic acids is 1. The van der Waals surface area contributed by atoms with Crippen molar-refractivity contribution in [3.63, 3.8) is 0 Å². The summed E-state index contributed by atoms with van der Waals surface area (Å²) in [7, 11) is 1.76. The lowest BCUT2D eigenvalue weighted by molar-refractivity contribution is 0.251. The lowest BCUT2D eigenvalue weighted by Crippen LogP contribution is -2.28. The standard InChI is InChI=1S/C19H27N7OS/c1-22-16(21)12-11-15(20)9-5-6-10-17-25-26-19(28-17)24-18(27)23-13-14-7-3-2-4-8-14/h2-4,7-8,11-12,22H,5-6,9-10,13,20-21H2,1H3,(H2,23,24,26,27)/b15-11-,16-12+. The van der Waals surface area contributed by atoms with Gasteiger partial charge in [-0.1, -0.05) is 41.7 Å². The fourth-order valence-corrected chi connectivity index (χ4v) is 3.07. The van der Waals surface area contributed by atoms with Crippen LogP contribution in [-0.4, -0.2) is 23.3 Å². The molecule has 2 amide bonds. The molecule has 0 aliphatic heterocycles. The Morgan fingerprint density at radius 1 is 1.14 bits per heavy atom. The molecule has 1 aromatic carbocycles. The van der Waals surface area contributed by atoms with E-state index < -0.39 is 0 Å². The second kappa shape index (κ2) is 11.6. The third-order valence-electron chi connectivity index (χ3n) is 3.85. The Balaban J connectivity index is 1.67. The first-order valence-electron chi connectivity index (χ1n) is 9.07. The number of aryl methyl sites for hydroxylation is 1. The van der Waals surface area contributed by atoms with Crippen molar-refractivity contribution in [1.29, 1.82) is 0 Å². The topological polar surface area (TPSA) is 131 Å². The van der Waals surface area contributed by atoms with Gasteiger partial charge in [0.25, 0.3) is 0 Å². The van der Waals surface area contributed by atoms with Crippen LogP contribution in [0.1, 0.15) is 29.8 Å². The molecule has 8 nitrogen and oxygen atoms in total. The quantitative estimate of drug-likeness (QED) is 0.307. The van der Waals surface area contributed by atoms with Gasteiger partial charge in [-0.05, 0) is 37.0 Å². The molecular formula is C19H27N7OS. The third kappa shape index (κ3) is 8.09. The molecule has 1 aromatic heterocycles. The van der Waals surface area contributed by atoms with Gasteiger partial charge in [-0.15, -0.1) is 10.2 Å². The predicted octanol–water partition coefficient (Wildman–Crippen LogP) is 2.43. The van der Waals surface area contributed by atoms with E-state index in [4.69, 9.17) is 11.5 Å². The molecule has 150 valence electrons. The van der Waals surface area contributed by atoms with Crippen molar-refractivity contribution in [1.82, 2.24) is 20.8 Å². The van der Waals surface area contributed by atoms with E-state index in [0.29, 0.717) is 17.5 Å². The molecule has 0 atom stereocenters. The van der Waals surface area contributed by atoms with Gasteiger partial charge in [0.2, 0.25) is 5.13 Å². The Kier molecular flexibility index (Phi) is 8.80. The molecule has 0 radical (unpaired) electrons. The van der Waals surface area contributed by atoms with Crippen LogP contribution in [0, 0.1) is 0 Å². The van der Waals surface area contributed by atoms with E-state index in [0.717, 1.165) is 42.0 Å². The second-order valence-electron chi connectivity index (χ2n) is 6.11. The highest BCUT2D eigenvalue weighted by atomic mass is 32.1. The van der Waals surface area contributed by atoms with Crippen LogP contribution in [0.5, 0.6) is 0 Å². The Labute approximate surface area is 169 Å². The van der Waals surface area contributed by atoms with Crippen LogP contribution < -0.4 is 27.4 Å². The fourth-order valence-electron chi connectivity index (χ4n) is 2.29. The van der Waals surface area contributed by atoms with Crippen LogP contribution in [0.15, 0.2) is 54.0 Å². The molecule has 0 aliphatic carbocycles. The summed E-state index contributed by atoms with van der Waals surface area (Å²) in [5.41, 5.74) is 13.4. The zero-order valence-electron chi connectivity index (χ0n) is 15.9. The minimum Gasteiger partial charge on any atom is -0.402 e. The summed E-state index contributed by atoms with van der Waals surface area (Å²) < 4.78 is 0. The monoisotopic (exact) mass is 401 g/mol. The summed E-state index contributed by atoms with van der Waals surface area (Å²) >= 11 is 1.38. The molecule has 0 spiro atoms. The maximum atomic E-state index is 11.9. The van der Waals surface area contributed by atoms with Gasteiger partial charge in [0.15, 0.2) is 0 Å². The summed E-state index contributed by atoms with van der Waals surface area (Å²) in [5, 5.41) is 17.9. The normalized spacial score (nSPS) is 11.9. The Morgan fingerprint density at radius 2 is 1.93 bits per heavy atom. The number of urea groups is 1. The average molecular weight is 402 g/mol. The number of aromatic nitrogens is 2. The van der Waals surface area contributed by atoms with Gasteiger partial charge in [-0.2, -0.15) is 0 Å². The number of nitrogens with one attached hydrogen (secondary N) is 3. The molecule has 0 unspecified atom stereocenters. The highest BCUT2D eigenvalue weighted by Crippen LogP contribution is 2.17. The number of hydrogen-bond acceptors (Lipinski definition) is 7. The van der Waals surface area contributed by atoms with E-state index >= 15 is 0 Å². The maximum absolute atomic E-state index is 11.9. The largest absolute Gasteiger partial charge is 0.402 e. The van der Waals surface area contributed by atoms with Crippen LogP contribution in [0.3, 0.4) is 0 Å². The Bertz CT molecular complexity index is 802. The van der Waals surface area contributed by atoms with E-state index in [1.54, 1.807) is 13.1 Å². The van der Waals surface area contributed by atoms with Crippen LogP contribution in [-0.2, 0) is 13.0 Å². The SMILES string of the molecule is CN/C(N)=C/C=C(\N)CCCCc1nnc(NC(=O)NCc2ccccc2)s1. The molecule has 2 aromatic rings. The average Bonchev–Trinajstić information content (AvgIpc) is 3.15. The van der Waals surface area contributed by atoms with Gasteiger partial charge in [-0.3, -0.25) is 5.32 Å². The molecule has 9 heteroatoms. The van der Waals surface area contributed by atoms with Gasteiger partial charge in [0.1, 0.15) is 5.01 Å². The van der Waals surface area contributed by atoms with Gasteiger partial charge in [-0.25, -0.2) is 4.79 Å². The zero-order chi connectivity index (χ0) is 20.2. The van der Waals surface area contributed by atoms with Crippen LogP contribution in [0.4, 0.5) is 9.93 Å². The smallest absolute Gasteiger partial charge is 0.321 e. The molecule has 0 fully saturated rings. The summed E-state index contributed by atoms with van der Waals surface area (Å²) in [4.78, 5) is 11.9. The molecule has 0 aliphatic rings. The molecule has 7 N–H and O–H groups in total. The maximum Gasteiger partial charge on any atom is 0.321 e. The lowest BCUT2D eigenvalue weighted by atomic mass is 10.1. The highest BCUT2D eigenvalue weighted by Gasteiger charge is 2.08.